The Morgan fingerprint density at radius 1 is 1.31 bits per heavy atom. The number of thiophene rings is 1. The highest BCUT2D eigenvalue weighted by atomic mass is 32.1. The zero-order valence-corrected chi connectivity index (χ0v) is 11.6. The van der Waals surface area contributed by atoms with Crippen LogP contribution in [0.1, 0.15) is 39.3 Å². The molecule has 1 aromatic heterocycles. The number of rotatable bonds is 6. The summed E-state index contributed by atoms with van der Waals surface area (Å²) in [4.78, 5) is 2.51. The standard InChI is InChI=1S/C13H24N2S/c1-10(2)8-15(11(3)4)13(7-14)12-5-6-16-9-12/h5-6,9-11,13H,7-8,14H2,1-4H3. The SMILES string of the molecule is CC(C)CN(C(C)C)C(CN)c1ccsc1. The van der Waals surface area contributed by atoms with Crippen LogP contribution in [0.3, 0.4) is 0 Å². The second kappa shape index (κ2) is 6.38. The lowest BCUT2D eigenvalue weighted by Gasteiger charge is -2.35. The third kappa shape index (κ3) is 3.58. The third-order valence-electron chi connectivity index (χ3n) is 2.79. The van der Waals surface area contributed by atoms with Gasteiger partial charge in [-0.3, -0.25) is 4.90 Å². The van der Waals surface area contributed by atoms with Crippen molar-refractivity contribution in [1.82, 2.24) is 4.90 Å². The molecule has 0 aromatic carbocycles. The first-order chi connectivity index (χ1) is 7.56. The average Bonchev–Trinajstić information content (AvgIpc) is 2.70. The maximum absolute atomic E-state index is 5.94. The molecule has 0 saturated heterocycles. The van der Waals surface area contributed by atoms with Crippen molar-refractivity contribution in [1.29, 1.82) is 0 Å². The minimum atomic E-state index is 0.369. The van der Waals surface area contributed by atoms with E-state index in [4.69, 9.17) is 5.73 Å². The van der Waals surface area contributed by atoms with Crippen molar-refractivity contribution < 1.29 is 0 Å². The van der Waals surface area contributed by atoms with E-state index >= 15 is 0 Å². The molecule has 92 valence electrons. The van der Waals surface area contributed by atoms with Crippen LogP contribution in [0.15, 0.2) is 16.8 Å². The Morgan fingerprint density at radius 3 is 2.38 bits per heavy atom. The number of hydrogen-bond donors (Lipinski definition) is 1. The molecule has 1 rings (SSSR count). The van der Waals surface area contributed by atoms with Crippen LogP contribution in [0, 0.1) is 5.92 Å². The first kappa shape index (κ1) is 13.7. The summed E-state index contributed by atoms with van der Waals surface area (Å²) >= 11 is 1.75. The summed E-state index contributed by atoms with van der Waals surface area (Å²) in [6.45, 7) is 10.8. The fourth-order valence-electron chi connectivity index (χ4n) is 2.05. The first-order valence-electron chi connectivity index (χ1n) is 6.04. The second-order valence-electron chi connectivity index (χ2n) is 4.99. The normalized spacial score (nSPS) is 14.0. The first-order valence-corrected chi connectivity index (χ1v) is 6.98. The quantitative estimate of drug-likeness (QED) is 0.828. The van der Waals surface area contributed by atoms with E-state index in [1.807, 2.05) is 0 Å². The molecule has 3 heteroatoms. The van der Waals surface area contributed by atoms with Gasteiger partial charge < -0.3 is 5.73 Å². The molecule has 1 atom stereocenters. The second-order valence-corrected chi connectivity index (χ2v) is 5.77. The van der Waals surface area contributed by atoms with Crippen molar-refractivity contribution in [3.8, 4) is 0 Å². The largest absolute Gasteiger partial charge is 0.329 e. The van der Waals surface area contributed by atoms with Gasteiger partial charge in [-0.15, -0.1) is 0 Å². The molecule has 2 nitrogen and oxygen atoms in total. The molecule has 0 aliphatic heterocycles. The molecule has 2 N–H and O–H groups in total. The molecule has 0 aliphatic rings. The Morgan fingerprint density at radius 2 is 2.00 bits per heavy atom. The van der Waals surface area contributed by atoms with Crippen LogP contribution >= 0.6 is 11.3 Å². The highest BCUT2D eigenvalue weighted by molar-refractivity contribution is 7.07. The van der Waals surface area contributed by atoms with Crippen molar-refractivity contribution in [2.75, 3.05) is 13.1 Å². The van der Waals surface area contributed by atoms with E-state index in [-0.39, 0.29) is 0 Å². The van der Waals surface area contributed by atoms with Crippen LogP contribution in [-0.4, -0.2) is 24.0 Å². The fraction of sp³-hybridized carbons (Fsp3) is 0.692. The Bertz CT molecular complexity index is 280. The maximum Gasteiger partial charge on any atom is 0.0481 e. The Labute approximate surface area is 103 Å². The molecular formula is C13H24N2S. The van der Waals surface area contributed by atoms with Gasteiger partial charge in [0, 0.05) is 25.2 Å². The molecule has 1 aromatic rings. The molecule has 1 heterocycles. The van der Waals surface area contributed by atoms with Crippen molar-refractivity contribution in [3.05, 3.63) is 22.4 Å². The summed E-state index contributed by atoms with van der Waals surface area (Å²) in [6, 6.07) is 3.10. The van der Waals surface area contributed by atoms with E-state index in [0.717, 1.165) is 6.54 Å². The summed E-state index contributed by atoms with van der Waals surface area (Å²) in [7, 11) is 0. The zero-order valence-electron chi connectivity index (χ0n) is 10.8. The predicted molar refractivity (Wildman–Crippen MR) is 72.8 cm³/mol. The Balaban J connectivity index is 2.81. The molecule has 0 fully saturated rings. The summed E-state index contributed by atoms with van der Waals surface area (Å²) in [5.74, 6) is 0.676. The van der Waals surface area contributed by atoms with Gasteiger partial charge in [0.05, 0.1) is 0 Å². The van der Waals surface area contributed by atoms with Gasteiger partial charge in [0.2, 0.25) is 0 Å². The van der Waals surface area contributed by atoms with Gasteiger partial charge in [-0.05, 0) is 42.2 Å². The van der Waals surface area contributed by atoms with Crippen LogP contribution in [0.5, 0.6) is 0 Å². The van der Waals surface area contributed by atoms with E-state index in [9.17, 15) is 0 Å². The molecule has 0 radical (unpaired) electrons. The maximum atomic E-state index is 5.94. The van der Waals surface area contributed by atoms with Gasteiger partial charge in [0.15, 0.2) is 0 Å². The Hall–Kier alpha value is -0.380. The topological polar surface area (TPSA) is 29.3 Å². The van der Waals surface area contributed by atoms with Gasteiger partial charge in [-0.2, -0.15) is 11.3 Å². The third-order valence-corrected chi connectivity index (χ3v) is 3.49. The molecule has 0 aliphatic carbocycles. The van der Waals surface area contributed by atoms with Gasteiger partial charge in [0.25, 0.3) is 0 Å². The molecule has 1 unspecified atom stereocenters. The smallest absolute Gasteiger partial charge is 0.0481 e. The van der Waals surface area contributed by atoms with E-state index in [1.54, 1.807) is 11.3 Å². The van der Waals surface area contributed by atoms with Crippen molar-refractivity contribution in [3.63, 3.8) is 0 Å². The zero-order chi connectivity index (χ0) is 12.1. The lowest BCUT2D eigenvalue weighted by atomic mass is 10.0. The van der Waals surface area contributed by atoms with E-state index in [1.165, 1.54) is 5.56 Å². The lowest BCUT2D eigenvalue weighted by Crippen LogP contribution is -2.40. The van der Waals surface area contributed by atoms with Gasteiger partial charge in [-0.25, -0.2) is 0 Å². The molecular weight excluding hydrogens is 216 g/mol. The molecule has 0 spiro atoms. The number of hydrogen-bond acceptors (Lipinski definition) is 3. The van der Waals surface area contributed by atoms with Crippen molar-refractivity contribution in [2.45, 2.75) is 39.8 Å². The average molecular weight is 240 g/mol. The molecule has 0 amide bonds. The van der Waals surface area contributed by atoms with Gasteiger partial charge >= 0.3 is 0 Å². The van der Waals surface area contributed by atoms with Crippen molar-refractivity contribution in [2.24, 2.45) is 11.7 Å². The highest BCUT2D eigenvalue weighted by Gasteiger charge is 2.22. The van der Waals surface area contributed by atoms with Gasteiger partial charge in [-0.1, -0.05) is 13.8 Å². The van der Waals surface area contributed by atoms with Crippen LogP contribution in [0.4, 0.5) is 0 Å². The minimum absolute atomic E-state index is 0.369. The number of nitrogens with two attached hydrogens (primary N) is 1. The Kier molecular flexibility index (Phi) is 5.46. The van der Waals surface area contributed by atoms with Crippen LogP contribution in [-0.2, 0) is 0 Å². The summed E-state index contributed by atoms with van der Waals surface area (Å²) in [5.41, 5.74) is 7.30. The van der Waals surface area contributed by atoms with Crippen molar-refractivity contribution >= 4 is 11.3 Å². The van der Waals surface area contributed by atoms with E-state index in [2.05, 4.69) is 49.4 Å². The van der Waals surface area contributed by atoms with Crippen LogP contribution in [0.2, 0.25) is 0 Å². The lowest BCUT2D eigenvalue weighted by molar-refractivity contribution is 0.139. The summed E-state index contributed by atoms with van der Waals surface area (Å²) in [6.07, 6.45) is 0. The van der Waals surface area contributed by atoms with Gasteiger partial charge in [0.1, 0.15) is 0 Å². The van der Waals surface area contributed by atoms with E-state index < -0.39 is 0 Å². The fourth-order valence-corrected chi connectivity index (χ4v) is 2.75. The summed E-state index contributed by atoms with van der Waals surface area (Å²) < 4.78 is 0. The minimum Gasteiger partial charge on any atom is -0.329 e. The molecule has 0 bridgehead atoms. The highest BCUT2D eigenvalue weighted by Crippen LogP contribution is 2.24. The summed E-state index contributed by atoms with van der Waals surface area (Å²) in [5, 5.41) is 4.35. The van der Waals surface area contributed by atoms with E-state index in [0.29, 0.717) is 24.5 Å². The number of nitrogens with zero attached hydrogens (tertiary/aromatic N) is 1. The monoisotopic (exact) mass is 240 g/mol. The predicted octanol–water partition coefficient (Wildman–Crippen LogP) is 3.11. The van der Waals surface area contributed by atoms with Crippen LogP contribution in [0.25, 0.3) is 0 Å². The van der Waals surface area contributed by atoms with Crippen LogP contribution < -0.4 is 5.73 Å². The molecule has 0 saturated carbocycles. The molecule has 16 heavy (non-hydrogen) atoms.